The van der Waals surface area contributed by atoms with Crippen LogP contribution >= 0.6 is 0 Å². The van der Waals surface area contributed by atoms with E-state index in [2.05, 4.69) is 6.92 Å². The number of halogens is 1. The summed E-state index contributed by atoms with van der Waals surface area (Å²) in [5, 5.41) is 0. The van der Waals surface area contributed by atoms with Crippen LogP contribution < -0.4 is 5.73 Å². The maximum atomic E-state index is 13.0. The maximum Gasteiger partial charge on any atom is 0.123 e. The quantitative estimate of drug-likeness (QED) is 0.851. The number of aryl methyl sites for hydroxylation is 1. The summed E-state index contributed by atoms with van der Waals surface area (Å²) < 4.78 is 13.0. The number of benzene rings is 1. The van der Waals surface area contributed by atoms with Crippen molar-refractivity contribution in [3.63, 3.8) is 0 Å². The van der Waals surface area contributed by atoms with Gasteiger partial charge in [-0.1, -0.05) is 25.8 Å². The highest BCUT2D eigenvalue weighted by molar-refractivity contribution is 5.27. The summed E-state index contributed by atoms with van der Waals surface area (Å²) in [5.41, 5.74) is 8.84. The second kappa shape index (κ2) is 4.77. The van der Waals surface area contributed by atoms with Gasteiger partial charge < -0.3 is 5.73 Å². The third kappa shape index (κ3) is 2.68. The Morgan fingerprint density at radius 2 is 2.00 bits per heavy atom. The van der Waals surface area contributed by atoms with Gasteiger partial charge in [-0.2, -0.15) is 0 Å². The third-order valence-corrected chi connectivity index (χ3v) is 4.39. The molecule has 17 heavy (non-hydrogen) atoms. The van der Waals surface area contributed by atoms with Gasteiger partial charge in [-0.25, -0.2) is 4.39 Å². The van der Waals surface area contributed by atoms with Crippen LogP contribution in [-0.2, 0) is 6.42 Å². The summed E-state index contributed by atoms with van der Waals surface area (Å²) in [6.07, 6.45) is 5.92. The topological polar surface area (TPSA) is 26.0 Å². The second-order valence-corrected chi connectivity index (χ2v) is 5.74. The highest BCUT2D eigenvalue weighted by Crippen LogP contribution is 2.40. The zero-order valence-electron chi connectivity index (χ0n) is 10.8. The van der Waals surface area contributed by atoms with Crippen LogP contribution in [0.15, 0.2) is 18.2 Å². The number of hydrogen-bond acceptors (Lipinski definition) is 1. The zero-order chi connectivity index (χ0) is 12.5. The van der Waals surface area contributed by atoms with Gasteiger partial charge in [0.05, 0.1) is 0 Å². The molecule has 0 aromatic heterocycles. The number of rotatable bonds is 3. The Bertz CT molecular complexity index is 394. The van der Waals surface area contributed by atoms with Gasteiger partial charge >= 0.3 is 0 Å². The van der Waals surface area contributed by atoms with Crippen LogP contribution in [0.3, 0.4) is 0 Å². The van der Waals surface area contributed by atoms with Gasteiger partial charge in [0, 0.05) is 6.04 Å². The largest absolute Gasteiger partial charge is 0.327 e. The van der Waals surface area contributed by atoms with Crippen LogP contribution in [0.5, 0.6) is 0 Å². The molecule has 1 fully saturated rings. The van der Waals surface area contributed by atoms with Crippen molar-refractivity contribution in [2.75, 3.05) is 0 Å². The lowest BCUT2D eigenvalue weighted by Crippen LogP contribution is -2.39. The van der Waals surface area contributed by atoms with Gasteiger partial charge in [0.2, 0.25) is 0 Å². The first-order valence-corrected chi connectivity index (χ1v) is 6.52. The summed E-state index contributed by atoms with van der Waals surface area (Å²) in [6, 6.07) is 5.20. The molecule has 0 saturated heterocycles. The second-order valence-electron chi connectivity index (χ2n) is 5.74. The van der Waals surface area contributed by atoms with Crippen molar-refractivity contribution in [3.05, 3.63) is 35.1 Å². The van der Waals surface area contributed by atoms with Gasteiger partial charge in [0.15, 0.2) is 0 Å². The monoisotopic (exact) mass is 235 g/mol. The van der Waals surface area contributed by atoms with E-state index >= 15 is 0 Å². The fourth-order valence-corrected chi connectivity index (χ4v) is 2.93. The summed E-state index contributed by atoms with van der Waals surface area (Å²) in [4.78, 5) is 0. The minimum atomic E-state index is -0.160. The van der Waals surface area contributed by atoms with E-state index < -0.39 is 0 Å². The molecule has 2 rings (SSSR count). The first-order chi connectivity index (χ1) is 8.01. The highest BCUT2D eigenvalue weighted by atomic mass is 19.1. The van der Waals surface area contributed by atoms with E-state index in [1.54, 1.807) is 6.07 Å². The highest BCUT2D eigenvalue weighted by Gasteiger charge is 2.34. The van der Waals surface area contributed by atoms with Gasteiger partial charge in [0.1, 0.15) is 5.82 Å². The van der Waals surface area contributed by atoms with Crippen LogP contribution in [0.1, 0.15) is 43.7 Å². The van der Waals surface area contributed by atoms with E-state index in [9.17, 15) is 4.39 Å². The molecule has 0 bridgehead atoms. The van der Waals surface area contributed by atoms with Gasteiger partial charge in [-0.3, -0.25) is 0 Å². The summed E-state index contributed by atoms with van der Waals surface area (Å²) >= 11 is 0. The average Bonchev–Trinajstić information content (AvgIpc) is 2.71. The van der Waals surface area contributed by atoms with Crippen molar-refractivity contribution in [3.8, 4) is 0 Å². The number of nitrogens with two attached hydrogens (primary N) is 1. The number of hydrogen-bond donors (Lipinski definition) is 1. The Hall–Kier alpha value is -0.890. The Morgan fingerprint density at radius 3 is 2.59 bits per heavy atom. The van der Waals surface area contributed by atoms with E-state index in [1.807, 2.05) is 13.0 Å². The SMILES string of the molecule is Cc1cc(F)ccc1CC(N)C1(C)CCCC1. The van der Waals surface area contributed by atoms with Crippen LogP contribution in [-0.4, -0.2) is 6.04 Å². The molecule has 0 amide bonds. The van der Waals surface area contributed by atoms with Gasteiger partial charge in [0.25, 0.3) is 0 Å². The minimum absolute atomic E-state index is 0.160. The first kappa shape index (κ1) is 12.6. The van der Waals surface area contributed by atoms with E-state index in [0.717, 1.165) is 12.0 Å². The Morgan fingerprint density at radius 1 is 1.35 bits per heavy atom. The lowest BCUT2D eigenvalue weighted by atomic mass is 9.78. The smallest absolute Gasteiger partial charge is 0.123 e. The standard InChI is InChI=1S/C15H22FN/c1-11-9-13(16)6-5-12(11)10-14(17)15(2)7-3-4-8-15/h5-6,9,14H,3-4,7-8,10,17H2,1-2H3. The summed E-state index contributed by atoms with van der Waals surface area (Å²) in [7, 11) is 0. The third-order valence-electron chi connectivity index (χ3n) is 4.39. The molecule has 1 unspecified atom stereocenters. The van der Waals surface area contributed by atoms with Crippen molar-refractivity contribution in [1.82, 2.24) is 0 Å². The molecule has 1 atom stereocenters. The van der Waals surface area contributed by atoms with E-state index in [-0.39, 0.29) is 17.3 Å². The molecule has 1 aromatic carbocycles. The van der Waals surface area contributed by atoms with E-state index in [0.29, 0.717) is 0 Å². The van der Waals surface area contributed by atoms with Crippen molar-refractivity contribution in [1.29, 1.82) is 0 Å². The van der Waals surface area contributed by atoms with Crippen LogP contribution in [0, 0.1) is 18.2 Å². The van der Waals surface area contributed by atoms with Crippen molar-refractivity contribution in [2.45, 2.75) is 52.0 Å². The van der Waals surface area contributed by atoms with Gasteiger partial charge in [-0.05, 0) is 54.9 Å². The van der Waals surface area contributed by atoms with Crippen molar-refractivity contribution in [2.24, 2.45) is 11.1 Å². The molecular weight excluding hydrogens is 213 g/mol. The fourth-order valence-electron chi connectivity index (χ4n) is 2.93. The maximum absolute atomic E-state index is 13.0. The predicted molar refractivity (Wildman–Crippen MR) is 69.4 cm³/mol. The molecule has 0 radical (unpaired) electrons. The summed E-state index contributed by atoms with van der Waals surface area (Å²) in [5.74, 6) is -0.160. The predicted octanol–water partition coefficient (Wildman–Crippen LogP) is 3.58. The molecule has 1 aliphatic carbocycles. The van der Waals surface area contributed by atoms with Crippen LogP contribution in [0.2, 0.25) is 0 Å². The van der Waals surface area contributed by atoms with Crippen LogP contribution in [0.4, 0.5) is 4.39 Å². The lowest BCUT2D eigenvalue weighted by molar-refractivity contribution is 0.260. The Kier molecular flexibility index (Phi) is 3.53. The van der Waals surface area contributed by atoms with Crippen molar-refractivity contribution < 1.29 is 4.39 Å². The molecule has 1 saturated carbocycles. The molecule has 0 spiro atoms. The Balaban J connectivity index is 2.10. The normalized spacial score (nSPS) is 20.5. The molecule has 1 aliphatic rings. The van der Waals surface area contributed by atoms with Gasteiger partial charge in [-0.15, -0.1) is 0 Å². The first-order valence-electron chi connectivity index (χ1n) is 6.52. The molecule has 0 aliphatic heterocycles. The van der Waals surface area contributed by atoms with E-state index in [1.165, 1.54) is 37.3 Å². The van der Waals surface area contributed by atoms with Crippen LogP contribution in [0.25, 0.3) is 0 Å². The lowest BCUT2D eigenvalue weighted by Gasteiger charge is -2.31. The zero-order valence-corrected chi connectivity index (χ0v) is 10.8. The molecule has 2 heteroatoms. The molecule has 94 valence electrons. The molecule has 1 nitrogen and oxygen atoms in total. The molecule has 1 aromatic rings. The molecule has 0 heterocycles. The minimum Gasteiger partial charge on any atom is -0.327 e. The average molecular weight is 235 g/mol. The van der Waals surface area contributed by atoms with E-state index in [4.69, 9.17) is 5.73 Å². The summed E-state index contributed by atoms with van der Waals surface area (Å²) in [6.45, 7) is 4.26. The fraction of sp³-hybridized carbons (Fsp3) is 0.600. The molecular formula is C15H22FN. The van der Waals surface area contributed by atoms with Crippen molar-refractivity contribution >= 4 is 0 Å². The Labute approximate surface area is 103 Å². The molecule has 2 N–H and O–H groups in total.